The van der Waals surface area contributed by atoms with E-state index in [4.69, 9.17) is 4.74 Å². The molecule has 0 saturated carbocycles. The van der Waals surface area contributed by atoms with E-state index in [0.29, 0.717) is 26.1 Å². The number of hydrogen-bond acceptors (Lipinski definition) is 6. The molecule has 2 aliphatic heterocycles. The Morgan fingerprint density at radius 2 is 2.45 bits per heavy atom. The number of aromatic nitrogens is 1. The van der Waals surface area contributed by atoms with E-state index in [1.807, 2.05) is 12.3 Å². The van der Waals surface area contributed by atoms with Gasteiger partial charge in [0.05, 0.1) is 24.0 Å². The summed E-state index contributed by atoms with van der Waals surface area (Å²) in [6.45, 7) is 3.63. The molecule has 1 aromatic rings. The molecule has 2 aliphatic rings. The summed E-state index contributed by atoms with van der Waals surface area (Å²) < 4.78 is 32.3. The van der Waals surface area contributed by atoms with Crippen LogP contribution in [-0.2, 0) is 14.8 Å². The normalized spacial score (nSPS) is 30.0. The molecule has 0 amide bonds. The Morgan fingerprint density at radius 1 is 1.59 bits per heavy atom. The molecule has 8 heteroatoms. The maximum absolute atomic E-state index is 12.3. The van der Waals surface area contributed by atoms with E-state index in [2.05, 4.69) is 10.3 Å². The predicted octanol–water partition coefficient (Wildman–Crippen LogP) is 1.92. The molecule has 2 saturated heterocycles. The molecule has 6 nitrogen and oxygen atoms in total. The van der Waals surface area contributed by atoms with E-state index in [1.54, 1.807) is 21.8 Å². The maximum atomic E-state index is 12.3. The molecule has 1 aromatic heterocycles. The molecule has 0 radical (unpaired) electrons. The van der Waals surface area contributed by atoms with Gasteiger partial charge in [0.2, 0.25) is 10.0 Å². The summed E-state index contributed by atoms with van der Waals surface area (Å²) in [7, 11) is -3.14. The van der Waals surface area contributed by atoms with Gasteiger partial charge in [0.25, 0.3) is 0 Å². The molecule has 22 heavy (non-hydrogen) atoms. The molecular formula is C14H23N3O3S2. The van der Waals surface area contributed by atoms with E-state index in [9.17, 15) is 8.42 Å². The molecule has 1 spiro atoms. The van der Waals surface area contributed by atoms with Gasteiger partial charge in [0, 0.05) is 31.1 Å². The highest BCUT2D eigenvalue weighted by Gasteiger charge is 2.45. The van der Waals surface area contributed by atoms with Gasteiger partial charge < -0.3 is 10.1 Å². The summed E-state index contributed by atoms with van der Waals surface area (Å²) in [6.07, 6.45) is 5.07. The van der Waals surface area contributed by atoms with E-state index in [1.165, 1.54) is 0 Å². The number of piperidine rings is 1. The topological polar surface area (TPSA) is 71.5 Å². The average Bonchev–Trinajstić information content (AvgIpc) is 3.10. The highest BCUT2D eigenvalue weighted by Crippen LogP contribution is 2.36. The molecule has 3 rings (SSSR count). The fourth-order valence-corrected chi connectivity index (χ4v) is 5.59. The molecule has 0 aliphatic carbocycles. The van der Waals surface area contributed by atoms with Crippen molar-refractivity contribution in [1.29, 1.82) is 0 Å². The smallest absolute Gasteiger partial charge is 0.214 e. The maximum Gasteiger partial charge on any atom is 0.214 e. The third-order valence-corrected chi connectivity index (χ3v) is 7.06. The van der Waals surface area contributed by atoms with Gasteiger partial charge >= 0.3 is 0 Å². The monoisotopic (exact) mass is 345 g/mol. The Bertz CT molecular complexity index is 590. The van der Waals surface area contributed by atoms with Crippen LogP contribution in [0.2, 0.25) is 0 Å². The first-order chi connectivity index (χ1) is 10.5. The second kappa shape index (κ2) is 6.43. The quantitative estimate of drug-likeness (QED) is 0.883. The zero-order valence-electron chi connectivity index (χ0n) is 12.8. The van der Waals surface area contributed by atoms with Crippen LogP contribution < -0.4 is 5.32 Å². The van der Waals surface area contributed by atoms with Crippen LogP contribution in [0, 0.1) is 0 Å². The molecule has 2 atom stereocenters. The molecule has 0 unspecified atom stereocenters. The van der Waals surface area contributed by atoms with Crippen molar-refractivity contribution in [2.45, 2.75) is 44.2 Å². The van der Waals surface area contributed by atoms with Gasteiger partial charge in [-0.3, -0.25) is 0 Å². The van der Waals surface area contributed by atoms with Crippen LogP contribution >= 0.6 is 11.3 Å². The van der Waals surface area contributed by atoms with Crippen molar-refractivity contribution in [3.63, 3.8) is 0 Å². The van der Waals surface area contributed by atoms with Gasteiger partial charge in [0.1, 0.15) is 0 Å². The number of nitrogens with zero attached hydrogens (tertiary/aromatic N) is 2. The SMILES string of the molecule is CCCS(=O)(=O)N1CCC[C@@]2(C[C@@H](Nc3nccs3)CO2)C1. The number of anilines is 1. The van der Waals surface area contributed by atoms with Crippen molar-refractivity contribution in [3.05, 3.63) is 11.6 Å². The second-order valence-electron chi connectivity index (χ2n) is 6.13. The first-order valence-electron chi connectivity index (χ1n) is 7.81. The van der Waals surface area contributed by atoms with Crippen molar-refractivity contribution in [1.82, 2.24) is 9.29 Å². The van der Waals surface area contributed by atoms with Gasteiger partial charge in [-0.1, -0.05) is 6.92 Å². The molecule has 3 heterocycles. The molecule has 124 valence electrons. The van der Waals surface area contributed by atoms with Crippen molar-refractivity contribution < 1.29 is 13.2 Å². The van der Waals surface area contributed by atoms with Gasteiger partial charge in [-0.15, -0.1) is 11.3 Å². The van der Waals surface area contributed by atoms with E-state index < -0.39 is 10.0 Å². The number of hydrogen-bond donors (Lipinski definition) is 1. The van der Waals surface area contributed by atoms with E-state index in [-0.39, 0.29) is 17.4 Å². The number of sulfonamides is 1. The summed E-state index contributed by atoms with van der Waals surface area (Å²) in [5.74, 6) is 0.226. The minimum absolute atomic E-state index is 0.208. The van der Waals surface area contributed by atoms with Gasteiger partial charge in [0.15, 0.2) is 5.13 Å². The summed E-state index contributed by atoms with van der Waals surface area (Å²) >= 11 is 1.57. The minimum atomic E-state index is -3.14. The van der Waals surface area contributed by atoms with E-state index >= 15 is 0 Å². The standard InChI is InChI=1S/C14H23N3O3S2/c1-2-8-22(18,19)17-6-3-4-14(11-17)9-12(10-20-14)16-13-15-5-7-21-13/h5,7,12H,2-4,6,8-11H2,1H3,(H,15,16)/t12-,14-/m1/s1. The first-order valence-corrected chi connectivity index (χ1v) is 10.3. The molecule has 0 aromatic carbocycles. The van der Waals surface area contributed by atoms with Gasteiger partial charge in [-0.25, -0.2) is 13.4 Å². The number of ether oxygens (including phenoxy) is 1. The number of rotatable bonds is 5. The third-order valence-electron chi connectivity index (χ3n) is 4.33. The van der Waals surface area contributed by atoms with Crippen LogP contribution in [0.4, 0.5) is 5.13 Å². The van der Waals surface area contributed by atoms with Crippen LogP contribution in [0.5, 0.6) is 0 Å². The Morgan fingerprint density at radius 3 is 3.18 bits per heavy atom. The number of thiazole rings is 1. The summed E-state index contributed by atoms with van der Waals surface area (Å²) in [4.78, 5) is 4.24. The van der Waals surface area contributed by atoms with Crippen LogP contribution in [-0.4, -0.2) is 54.8 Å². The molecule has 0 bridgehead atoms. The van der Waals surface area contributed by atoms with Crippen molar-refractivity contribution in [3.8, 4) is 0 Å². The minimum Gasteiger partial charge on any atom is -0.371 e. The Balaban J connectivity index is 1.64. The zero-order valence-corrected chi connectivity index (χ0v) is 14.5. The fourth-order valence-electron chi connectivity index (χ4n) is 3.37. The Labute approximate surface area is 135 Å². The summed E-state index contributed by atoms with van der Waals surface area (Å²) in [5, 5.41) is 6.22. The van der Waals surface area contributed by atoms with Crippen molar-refractivity contribution in [2.24, 2.45) is 0 Å². The summed E-state index contributed by atoms with van der Waals surface area (Å²) in [5.41, 5.74) is -0.325. The zero-order chi connectivity index (χ0) is 15.6. The van der Waals surface area contributed by atoms with Crippen LogP contribution in [0.1, 0.15) is 32.6 Å². The van der Waals surface area contributed by atoms with Crippen LogP contribution in [0.3, 0.4) is 0 Å². The molecule has 2 fully saturated rings. The van der Waals surface area contributed by atoms with Crippen LogP contribution in [0.15, 0.2) is 11.6 Å². The van der Waals surface area contributed by atoms with Crippen molar-refractivity contribution >= 4 is 26.5 Å². The lowest BCUT2D eigenvalue weighted by Crippen LogP contribution is -2.50. The van der Waals surface area contributed by atoms with E-state index in [0.717, 1.165) is 24.4 Å². The van der Waals surface area contributed by atoms with Crippen LogP contribution in [0.25, 0.3) is 0 Å². The lowest BCUT2D eigenvalue weighted by atomic mass is 9.90. The lowest BCUT2D eigenvalue weighted by Gasteiger charge is -2.39. The molecular weight excluding hydrogens is 322 g/mol. The largest absolute Gasteiger partial charge is 0.371 e. The Hall–Kier alpha value is -0.700. The molecule has 1 N–H and O–H groups in total. The predicted molar refractivity (Wildman–Crippen MR) is 87.7 cm³/mol. The first kappa shape index (κ1) is 16.2. The van der Waals surface area contributed by atoms with Gasteiger partial charge in [-0.05, 0) is 19.3 Å². The van der Waals surface area contributed by atoms with Crippen molar-refractivity contribution in [2.75, 3.05) is 30.8 Å². The lowest BCUT2D eigenvalue weighted by molar-refractivity contribution is -0.0329. The average molecular weight is 345 g/mol. The highest BCUT2D eigenvalue weighted by molar-refractivity contribution is 7.89. The Kier molecular flexibility index (Phi) is 4.72. The van der Waals surface area contributed by atoms with Gasteiger partial charge in [-0.2, -0.15) is 4.31 Å². The highest BCUT2D eigenvalue weighted by atomic mass is 32.2. The fraction of sp³-hybridized carbons (Fsp3) is 0.786. The third kappa shape index (κ3) is 3.45. The number of nitrogens with one attached hydrogen (secondary N) is 1. The second-order valence-corrected chi connectivity index (χ2v) is 9.11. The summed E-state index contributed by atoms with van der Waals surface area (Å²) in [6, 6.07) is 0.208.